The highest BCUT2D eigenvalue weighted by molar-refractivity contribution is 5.71. The molecule has 480 valence electrons. The Bertz CT molecular complexity index is 1570. The lowest BCUT2D eigenvalue weighted by molar-refractivity contribution is -0.167. The molecule has 0 saturated carbocycles. The second-order valence-electron chi connectivity index (χ2n) is 24.1. The molecule has 83 heavy (non-hydrogen) atoms. The number of rotatable bonds is 66. The van der Waals surface area contributed by atoms with Gasteiger partial charge in [-0.15, -0.1) is 0 Å². The van der Waals surface area contributed by atoms with Gasteiger partial charge < -0.3 is 14.2 Å². The first-order valence-electron chi connectivity index (χ1n) is 36.1. The lowest BCUT2D eigenvalue weighted by atomic mass is 10.0. The molecule has 0 heterocycles. The minimum Gasteiger partial charge on any atom is -0.462 e. The Morgan fingerprint density at radius 1 is 0.241 bits per heavy atom. The highest BCUT2D eigenvalue weighted by Gasteiger charge is 2.19. The third kappa shape index (κ3) is 69.3. The van der Waals surface area contributed by atoms with Crippen LogP contribution >= 0.6 is 0 Å². The van der Waals surface area contributed by atoms with Gasteiger partial charge in [0.05, 0.1) is 0 Å². The van der Waals surface area contributed by atoms with E-state index in [-0.39, 0.29) is 31.1 Å². The van der Waals surface area contributed by atoms with Crippen molar-refractivity contribution in [1.29, 1.82) is 0 Å². The van der Waals surface area contributed by atoms with Crippen LogP contribution in [0.15, 0.2) is 85.1 Å². The molecule has 6 heteroatoms. The fraction of sp³-hybridized carbons (Fsp3) is 0.779. The molecule has 0 saturated heterocycles. The van der Waals surface area contributed by atoms with Gasteiger partial charge in [0, 0.05) is 19.3 Å². The largest absolute Gasteiger partial charge is 0.462 e. The van der Waals surface area contributed by atoms with E-state index in [0.717, 1.165) is 96.3 Å². The van der Waals surface area contributed by atoms with Crippen LogP contribution in [0.4, 0.5) is 0 Å². The molecule has 0 bridgehead atoms. The van der Waals surface area contributed by atoms with Crippen molar-refractivity contribution >= 4 is 17.9 Å². The van der Waals surface area contributed by atoms with Crippen molar-refractivity contribution in [1.82, 2.24) is 0 Å². The molecule has 0 spiro atoms. The first-order chi connectivity index (χ1) is 41.0. The van der Waals surface area contributed by atoms with Crippen LogP contribution in [-0.4, -0.2) is 37.2 Å². The normalized spacial score (nSPS) is 12.6. The predicted molar refractivity (Wildman–Crippen MR) is 362 cm³/mol. The number of carbonyl (C=O) groups excluding carboxylic acids is 3. The lowest BCUT2D eigenvalue weighted by Crippen LogP contribution is -2.30. The number of unbranched alkanes of at least 4 members (excludes halogenated alkanes) is 41. The van der Waals surface area contributed by atoms with E-state index >= 15 is 0 Å². The molecule has 0 amide bonds. The van der Waals surface area contributed by atoms with Crippen molar-refractivity contribution in [3.8, 4) is 0 Å². The van der Waals surface area contributed by atoms with Crippen LogP contribution < -0.4 is 0 Å². The van der Waals surface area contributed by atoms with Gasteiger partial charge in [-0.1, -0.05) is 311 Å². The van der Waals surface area contributed by atoms with E-state index in [1.165, 1.54) is 231 Å². The summed E-state index contributed by atoms with van der Waals surface area (Å²) >= 11 is 0. The van der Waals surface area contributed by atoms with Crippen LogP contribution in [0.5, 0.6) is 0 Å². The van der Waals surface area contributed by atoms with Crippen LogP contribution in [0.2, 0.25) is 0 Å². The number of esters is 3. The number of allylic oxidation sites excluding steroid dienone is 14. The summed E-state index contributed by atoms with van der Waals surface area (Å²) in [5.74, 6) is -0.878. The average molecular weight is 1160 g/mol. The van der Waals surface area contributed by atoms with Crippen molar-refractivity contribution in [2.24, 2.45) is 0 Å². The fourth-order valence-corrected chi connectivity index (χ4v) is 10.4. The van der Waals surface area contributed by atoms with Gasteiger partial charge in [-0.2, -0.15) is 0 Å². The highest BCUT2D eigenvalue weighted by Crippen LogP contribution is 2.17. The molecule has 0 N–H and O–H groups in total. The lowest BCUT2D eigenvalue weighted by Gasteiger charge is -2.18. The maximum atomic E-state index is 13.0. The Kier molecular flexibility index (Phi) is 68.2. The number of ether oxygens (including phenoxy) is 3. The van der Waals surface area contributed by atoms with E-state index in [0.29, 0.717) is 19.3 Å². The molecule has 1 atom stereocenters. The summed E-state index contributed by atoms with van der Waals surface area (Å²) in [6.45, 7) is 6.63. The summed E-state index contributed by atoms with van der Waals surface area (Å²) in [7, 11) is 0. The fourth-order valence-electron chi connectivity index (χ4n) is 10.4. The maximum absolute atomic E-state index is 13.0. The molecule has 0 aliphatic carbocycles. The van der Waals surface area contributed by atoms with Crippen molar-refractivity contribution in [2.75, 3.05) is 13.2 Å². The van der Waals surface area contributed by atoms with Crippen LogP contribution in [0.3, 0.4) is 0 Å². The smallest absolute Gasteiger partial charge is 0.306 e. The molecule has 0 aliphatic heterocycles. The third-order valence-electron chi connectivity index (χ3n) is 15.8. The summed E-state index contributed by atoms with van der Waals surface area (Å²) in [6.07, 6.45) is 94.6. The van der Waals surface area contributed by atoms with Gasteiger partial charge >= 0.3 is 17.9 Å². The standard InChI is InChI=1S/C77H136O6/c1-4-7-10-13-16-19-22-25-28-31-34-35-36-37-38-39-40-41-42-43-44-47-49-52-55-58-61-64-67-70-76(79)82-73-74(83-77(80)71-68-65-62-59-56-53-50-46-33-30-27-24-21-18-15-12-9-6-3)72-81-75(78)69-66-63-60-57-54-51-48-45-32-29-26-23-20-17-14-11-8-5-2/h20-25,29-34,36-37,74H,4-19,26-28,35,38-73H2,1-3H3/b23-20-,24-21-,25-22-,32-29-,33-30-,34-31-,37-36-. The minimum atomic E-state index is -0.786. The molecular formula is C77H136O6. The van der Waals surface area contributed by atoms with Gasteiger partial charge in [0.2, 0.25) is 0 Å². The second-order valence-corrected chi connectivity index (χ2v) is 24.1. The monoisotopic (exact) mass is 1160 g/mol. The highest BCUT2D eigenvalue weighted by atomic mass is 16.6. The van der Waals surface area contributed by atoms with Gasteiger partial charge in [-0.25, -0.2) is 0 Å². The average Bonchev–Trinajstić information content (AvgIpc) is 3.50. The Labute approximate surface area is 515 Å². The predicted octanol–water partition coefficient (Wildman–Crippen LogP) is 25.0. The summed E-state index contributed by atoms with van der Waals surface area (Å²) in [4.78, 5) is 38.5. The SMILES string of the molecule is CCCCCC/C=C\C/C=C\CCCCCCCCCC(=O)OCC(COC(=O)CCCCCCCCCCCCCCCC/C=C\C/C=C\C/C=C\CCCCCCC)OC(=O)CCCCCCCCC/C=C\C/C=C\CCCCCC. The van der Waals surface area contributed by atoms with Crippen LogP contribution in [0.25, 0.3) is 0 Å². The van der Waals surface area contributed by atoms with Gasteiger partial charge in [0.1, 0.15) is 13.2 Å². The second kappa shape index (κ2) is 71.1. The van der Waals surface area contributed by atoms with E-state index in [1.807, 2.05) is 0 Å². The summed E-state index contributed by atoms with van der Waals surface area (Å²) in [5.41, 5.74) is 0. The van der Waals surface area contributed by atoms with Crippen molar-refractivity contribution in [3.05, 3.63) is 85.1 Å². The zero-order valence-electron chi connectivity index (χ0n) is 55.2. The van der Waals surface area contributed by atoms with E-state index in [4.69, 9.17) is 14.2 Å². The van der Waals surface area contributed by atoms with Crippen molar-refractivity contribution < 1.29 is 28.6 Å². The van der Waals surface area contributed by atoms with E-state index in [9.17, 15) is 14.4 Å². The molecule has 6 nitrogen and oxygen atoms in total. The first-order valence-corrected chi connectivity index (χ1v) is 36.1. The Balaban J connectivity index is 4.31. The molecule has 0 fully saturated rings. The van der Waals surface area contributed by atoms with Crippen molar-refractivity contribution in [2.45, 2.75) is 374 Å². The zero-order chi connectivity index (χ0) is 59.9. The number of carbonyl (C=O) groups is 3. The molecule has 0 aromatic heterocycles. The Hall–Kier alpha value is -3.41. The van der Waals surface area contributed by atoms with Crippen LogP contribution in [0.1, 0.15) is 367 Å². The van der Waals surface area contributed by atoms with E-state index < -0.39 is 6.10 Å². The zero-order valence-corrected chi connectivity index (χ0v) is 55.2. The van der Waals surface area contributed by atoms with Gasteiger partial charge in [-0.3, -0.25) is 14.4 Å². The third-order valence-corrected chi connectivity index (χ3v) is 15.8. The Morgan fingerprint density at radius 2 is 0.434 bits per heavy atom. The van der Waals surface area contributed by atoms with Crippen LogP contribution in [-0.2, 0) is 28.6 Å². The topological polar surface area (TPSA) is 78.9 Å². The number of hydrogen-bond donors (Lipinski definition) is 0. The van der Waals surface area contributed by atoms with E-state index in [2.05, 4.69) is 106 Å². The minimum absolute atomic E-state index is 0.0806. The maximum Gasteiger partial charge on any atom is 0.306 e. The molecule has 0 aromatic carbocycles. The molecule has 0 radical (unpaired) electrons. The van der Waals surface area contributed by atoms with Crippen LogP contribution in [0, 0.1) is 0 Å². The Morgan fingerprint density at radius 3 is 0.687 bits per heavy atom. The van der Waals surface area contributed by atoms with Gasteiger partial charge in [-0.05, 0) is 122 Å². The number of hydrogen-bond acceptors (Lipinski definition) is 6. The van der Waals surface area contributed by atoms with Gasteiger partial charge in [0.25, 0.3) is 0 Å². The first kappa shape index (κ1) is 79.6. The molecule has 1 unspecified atom stereocenters. The summed E-state index contributed by atoms with van der Waals surface area (Å²) in [5, 5.41) is 0. The quantitative estimate of drug-likeness (QED) is 0.0261. The molecule has 0 aromatic rings. The molecule has 0 aliphatic rings. The summed E-state index contributed by atoms with van der Waals surface area (Å²) < 4.78 is 17.0. The van der Waals surface area contributed by atoms with Gasteiger partial charge in [0.15, 0.2) is 6.10 Å². The molecular weight excluding hydrogens is 1020 g/mol. The van der Waals surface area contributed by atoms with Crippen molar-refractivity contribution in [3.63, 3.8) is 0 Å². The summed E-state index contributed by atoms with van der Waals surface area (Å²) in [6, 6.07) is 0. The van der Waals surface area contributed by atoms with E-state index in [1.54, 1.807) is 0 Å². The molecule has 0 rings (SSSR count).